The van der Waals surface area contributed by atoms with Crippen molar-refractivity contribution in [2.24, 2.45) is 0 Å². The Balaban J connectivity index is 1.49. The Morgan fingerprint density at radius 1 is 0.903 bits per heavy atom. The van der Waals surface area contributed by atoms with E-state index in [0.717, 1.165) is 22.9 Å². The largest absolute Gasteiger partial charge is 0.422 e. The molecule has 2 aromatic heterocycles. The van der Waals surface area contributed by atoms with Crippen LogP contribution in [0.5, 0.6) is 0 Å². The molecule has 1 amide bonds. The fourth-order valence-corrected chi connectivity index (χ4v) is 3.24. The number of rotatable bonds is 3. The van der Waals surface area contributed by atoms with Crippen molar-refractivity contribution in [3.63, 3.8) is 0 Å². The number of aromatic nitrogens is 2. The average molecular weight is 419 g/mol. The van der Waals surface area contributed by atoms with Crippen LogP contribution in [0.15, 0.2) is 74.3 Å². The molecule has 0 saturated carbocycles. The van der Waals surface area contributed by atoms with E-state index in [1.807, 2.05) is 30.3 Å². The van der Waals surface area contributed by atoms with E-state index in [1.165, 1.54) is 6.07 Å². The molecular weight excluding hydrogens is 408 g/mol. The van der Waals surface area contributed by atoms with Gasteiger partial charge in [-0.3, -0.25) is 10.1 Å². The van der Waals surface area contributed by atoms with Crippen molar-refractivity contribution in [1.82, 2.24) is 10.2 Å². The maximum atomic E-state index is 13.9. The fourth-order valence-electron chi connectivity index (χ4n) is 3.24. The fraction of sp³-hybridized carbons (Fsp3) is 0. The van der Waals surface area contributed by atoms with Gasteiger partial charge >= 0.3 is 11.6 Å². The van der Waals surface area contributed by atoms with Crippen LogP contribution in [0.25, 0.3) is 33.2 Å². The number of amides is 1. The van der Waals surface area contributed by atoms with E-state index in [2.05, 4.69) is 15.5 Å². The molecule has 5 rings (SSSR count). The first kappa shape index (κ1) is 18.6. The molecule has 0 spiro atoms. The molecule has 0 bridgehead atoms. The van der Waals surface area contributed by atoms with E-state index >= 15 is 0 Å². The predicted molar refractivity (Wildman–Crippen MR) is 108 cm³/mol. The van der Waals surface area contributed by atoms with Gasteiger partial charge in [-0.15, -0.1) is 5.10 Å². The number of hydrogen-bond acceptors (Lipinski definition) is 6. The van der Waals surface area contributed by atoms with Gasteiger partial charge in [0, 0.05) is 11.5 Å². The normalized spacial score (nSPS) is 11.2. The van der Waals surface area contributed by atoms with Gasteiger partial charge in [-0.25, -0.2) is 13.6 Å². The van der Waals surface area contributed by atoms with Gasteiger partial charge in [-0.1, -0.05) is 35.4 Å². The first-order valence-electron chi connectivity index (χ1n) is 9.05. The summed E-state index contributed by atoms with van der Waals surface area (Å²) >= 11 is 0. The summed E-state index contributed by atoms with van der Waals surface area (Å²) in [7, 11) is 0. The lowest BCUT2D eigenvalue weighted by atomic mass is 10.0. The molecule has 5 aromatic rings. The van der Waals surface area contributed by atoms with Crippen LogP contribution in [0.4, 0.5) is 14.8 Å². The Hall–Kier alpha value is -4.40. The van der Waals surface area contributed by atoms with E-state index < -0.39 is 23.2 Å². The second-order valence-corrected chi connectivity index (χ2v) is 6.64. The molecule has 9 heteroatoms. The topological polar surface area (TPSA) is 98.2 Å². The number of anilines is 1. The summed E-state index contributed by atoms with van der Waals surface area (Å²) in [5.74, 6) is -2.75. The molecule has 31 heavy (non-hydrogen) atoms. The maximum absolute atomic E-state index is 13.9. The van der Waals surface area contributed by atoms with Gasteiger partial charge in [0.2, 0.25) is 0 Å². The number of carbonyl (C=O) groups excluding carboxylic acids is 1. The minimum Gasteiger partial charge on any atom is -0.422 e. The highest BCUT2D eigenvalue weighted by molar-refractivity contribution is 6.10. The van der Waals surface area contributed by atoms with Crippen molar-refractivity contribution in [2.75, 3.05) is 5.32 Å². The van der Waals surface area contributed by atoms with Crippen LogP contribution in [-0.2, 0) is 0 Å². The SMILES string of the molecule is O=C(Nc1nnc(-c2ccc(F)cc2F)o1)c1cc2c(ccc3ccccc32)oc1=O. The number of halogens is 2. The molecule has 0 aliphatic heterocycles. The van der Waals surface area contributed by atoms with Gasteiger partial charge in [0.1, 0.15) is 22.8 Å². The number of hydrogen-bond donors (Lipinski definition) is 1. The zero-order valence-electron chi connectivity index (χ0n) is 15.6. The smallest absolute Gasteiger partial charge is 0.349 e. The zero-order chi connectivity index (χ0) is 21.5. The predicted octanol–water partition coefficient (Wildman–Crippen LogP) is 4.53. The van der Waals surface area contributed by atoms with Crippen molar-refractivity contribution in [2.45, 2.75) is 0 Å². The molecule has 0 saturated heterocycles. The maximum Gasteiger partial charge on any atom is 0.349 e. The third kappa shape index (κ3) is 3.31. The second-order valence-electron chi connectivity index (χ2n) is 6.64. The molecular formula is C22H11F2N3O4. The van der Waals surface area contributed by atoms with Crippen LogP contribution < -0.4 is 10.9 Å². The van der Waals surface area contributed by atoms with Crippen LogP contribution in [0.3, 0.4) is 0 Å². The van der Waals surface area contributed by atoms with Crippen LogP contribution in [0.1, 0.15) is 10.4 Å². The summed E-state index contributed by atoms with van der Waals surface area (Å²) in [4.78, 5) is 25.0. The highest BCUT2D eigenvalue weighted by Crippen LogP contribution is 2.26. The highest BCUT2D eigenvalue weighted by Gasteiger charge is 2.19. The van der Waals surface area contributed by atoms with Gasteiger partial charge in [0.25, 0.3) is 11.8 Å². The van der Waals surface area contributed by atoms with E-state index in [1.54, 1.807) is 6.07 Å². The quantitative estimate of drug-likeness (QED) is 0.341. The molecule has 3 aromatic carbocycles. The summed E-state index contributed by atoms with van der Waals surface area (Å²) in [6.07, 6.45) is 0. The first-order valence-corrected chi connectivity index (χ1v) is 9.05. The van der Waals surface area contributed by atoms with Crippen LogP contribution in [-0.4, -0.2) is 16.1 Å². The van der Waals surface area contributed by atoms with E-state index in [0.29, 0.717) is 17.0 Å². The van der Waals surface area contributed by atoms with Gasteiger partial charge in [0.05, 0.1) is 5.56 Å². The Kier molecular flexibility index (Phi) is 4.28. The molecule has 0 atom stereocenters. The molecule has 0 radical (unpaired) electrons. The molecule has 0 unspecified atom stereocenters. The molecule has 2 heterocycles. The van der Waals surface area contributed by atoms with Crippen LogP contribution in [0.2, 0.25) is 0 Å². The Morgan fingerprint density at radius 3 is 2.58 bits per heavy atom. The van der Waals surface area contributed by atoms with Crippen molar-refractivity contribution >= 4 is 33.7 Å². The van der Waals surface area contributed by atoms with E-state index in [-0.39, 0.29) is 23.0 Å². The highest BCUT2D eigenvalue weighted by atomic mass is 19.1. The van der Waals surface area contributed by atoms with Gasteiger partial charge in [0.15, 0.2) is 0 Å². The van der Waals surface area contributed by atoms with E-state index in [4.69, 9.17) is 8.83 Å². The van der Waals surface area contributed by atoms with Crippen LogP contribution >= 0.6 is 0 Å². The summed E-state index contributed by atoms with van der Waals surface area (Å²) in [5.41, 5.74) is -0.903. The number of nitrogens with zero attached hydrogens (tertiary/aromatic N) is 2. The molecule has 152 valence electrons. The van der Waals surface area contributed by atoms with Gasteiger partial charge in [-0.2, -0.15) is 0 Å². The number of carbonyl (C=O) groups is 1. The Labute approximate surface area is 171 Å². The zero-order valence-corrected chi connectivity index (χ0v) is 15.6. The average Bonchev–Trinajstić information content (AvgIpc) is 3.21. The second kappa shape index (κ2) is 7.13. The van der Waals surface area contributed by atoms with Crippen molar-refractivity contribution in [1.29, 1.82) is 0 Å². The lowest BCUT2D eigenvalue weighted by molar-refractivity contribution is 0.102. The molecule has 0 aliphatic carbocycles. The van der Waals surface area contributed by atoms with Gasteiger partial charge in [-0.05, 0) is 35.0 Å². The Bertz CT molecular complexity index is 1540. The number of fused-ring (bicyclic) bond motifs is 3. The lowest BCUT2D eigenvalue weighted by Crippen LogP contribution is -2.20. The van der Waals surface area contributed by atoms with Crippen molar-refractivity contribution in [3.8, 4) is 11.5 Å². The molecule has 0 fully saturated rings. The lowest BCUT2D eigenvalue weighted by Gasteiger charge is -2.05. The summed E-state index contributed by atoms with van der Waals surface area (Å²) in [6, 6.07) is 14.8. The number of benzene rings is 3. The molecule has 7 nitrogen and oxygen atoms in total. The Morgan fingerprint density at radius 2 is 1.74 bits per heavy atom. The molecule has 1 N–H and O–H groups in total. The van der Waals surface area contributed by atoms with Crippen LogP contribution in [0, 0.1) is 11.6 Å². The first-order chi connectivity index (χ1) is 15.0. The van der Waals surface area contributed by atoms with E-state index in [9.17, 15) is 18.4 Å². The minimum absolute atomic E-state index is 0.133. The monoisotopic (exact) mass is 419 g/mol. The summed E-state index contributed by atoms with van der Waals surface area (Å²) in [5, 5.41) is 11.9. The van der Waals surface area contributed by atoms with Crippen molar-refractivity contribution in [3.05, 3.63) is 88.3 Å². The van der Waals surface area contributed by atoms with Crippen molar-refractivity contribution < 1.29 is 22.4 Å². The standard InChI is InChI=1S/C22H11F2N3O4/c23-12-6-7-14(17(24)9-12)20-26-27-22(31-20)25-19(28)16-10-15-13-4-2-1-3-11(13)5-8-18(15)30-21(16)29/h1-10H,(H,25,27,28). The third-order valence-corrected chi connectivity index (χ3v) is 4.69. The summed E-state index contributed by atoms with van der Waals surface area (Å²) in [6.45, 7) is 0. The number of nitrogens with one attached hydrogen (secondary N) is 1. The van der Waals surface area contributed by atoms with Gasteiger partial charge < -0.3 is 8.83 Å². The minimum atomic E-state index is -0.899. The third-order valence-electron chi connectivity index (χ3n) is 4.69. The molecule has 0 aliphatic rings. The summed E-state index contributed by atoms with van der Waals surface area (Å²) < 4.78 is 37.5.